The first-order valence-corrected chi connectivity index (χ1v) is 11.6. The highest BCUT2D eigenvalue weighted by molar-refractivity contribution is 7.92. The number of amides is 1. The zero-order valence-electron chi connectivity index (χ0n) is 17.8. The number of benzene rings is 2. The number of hydrogen-bond donors (Lipinski definition) is 1. The van der Waals surface area contributed by atoms with Crippen molar-refractivity contribution in [2.45, 2.75) is 20.8 Å². The van der Waals surface area contributed by atoms with Crippen LogP contribution in [-0.2, 0) is 14.8 Å². The Morgan fingerprint density at radius 2 is 1.60 bits per heavy atom. The molecule has 0 aromatic heterocycles. The predicted molar refractivity (Wildman–Crippen MR) is 122 cm³/mol. The van der Waals surface area contributed by atoms with Gasteiger partial charge in [0.2, 0.25) is 15.9 Å². The quantitative estimate of drug-likeness (QED) is 0.769. The van der Waals surface area contributed by atoms with Crippen LogP contribution in [0.25, 0.3) is 6.08 Å². The number of nitrogens with zero attached hydrogens (tertiary/aromatic N) is 2. The van der Waals surface area contributed by atoms with Crippen LogP contribution in [0, 0.1) is 20.8 Å². The Bertz CT molecular complexity index is 1000. The number of carbonyl (C=O) groups excluding carboxylic acids is 1. The van der Waals surface area contributed by atoms with Crippen LogP contribution < -0.4 is 5.32 Å². The van der Waals surface area contributed by atoms with Crippen molar-refractivity contribution in [2.75, 3.05) is 38.0 Å². The van der Waals surface area contributed by atoms with Crippen molar-refractivity contribution in [3.8, 4) is 0 Å². The van der Waals surface area contributed by atoms with Crippen LogP contribution in [0.5, 0.6) is 0 Å². The summed E-state index contributed by atoms with van der Waals surface area (Å²) < 4.78 is 26.6. The topological polar surface area (TPSA) is 69.7 Å². The van der Waals surface area contributed by atoms with E-state index < -0.39 is 10.0 Å². The molecule has 0 saturated carbocycles. The summed E-state index contributed by atoms with van der Waals surface area (Å²) in [5.74, 6) is -0.0784. The summed E-state index contributed by atoms with van der Waals surface area (Å²) >= 11 is 0. The fraction of sp³-hybridized carbons (Fsp3) is 0.348. The zero-order chi connectivity index (χ0) is 21.7. The molecule has 0 bridgehead atoms. The van der Waals surface area contributed by atoms with E-state index in [-0.39, 0.29) is 12.5 Å². The average Bonchev–Trinajstić information content (AvgIpc) is 2.70. The summed E-state index contributed by atoms with van der Waals surface area (Å²) in [6.07, 6.45) is 1.61. The van der Waals surface area contributed by atoms with Crippen LogP contribution in [0.3, 0.4) is 0 Å². The Hall–Kier alpha value is -2.48. The molecule has 3 rings (SSSR count). The summed E-state index contributed by atoms with van der Waals surface area (Å²) in [7, 11) is -3.47. The van der Waals surface area contributed by atoms with Crippen molar-refractivity contribution < 1.29 is 13.2 Å². The van der Waals surface area contributed by atoms with Crippen LogP contribution in [-0.4, -0.2) is 56.3 Å². The molecule has 6 nitrogen and oxygen atoms in total. The Balaban J connectivity index is 1.53. The summed E-state index contributed by atoms with van der Waals surface area (Å²) in [5, 5.41) is 4.27. The summed E-state index contributed by atoms with van der Waals surface area (Å²) in [6, 6.07) is 13.5. The van der Waals surface area contributed by atoms with E-state index in [2.05, 4.69) is 17.4 Å². The molecule has 30 heavy (non-hydrogen) atoms. The SMILES string of the molecule is Cc1cc(C)c(NC(=O)CN2CCN(S(=O)(=O)C=Cc3ccccc3)CC2)c(C)c1. The highest BCUT2D eigenvalue weighted by Crippen LogP contribution is 2.22. The Morgan fingerprint density at radius 3 is 2.20 bits per heavy atom. The molecule has 7 heteroatoms. The Morgan fingerprint density at radius 1 is 1.00 bits per heavy atom. The minimum atomic E-state index is -3.47. The van der Waals surface area contributed by atoms with Gasteiger partial charge in [0.25, 0.3) is 0 Å². The highest BCUT2D eigenvalue weighted by Gasteiger charge is 2.26. The average molecular weight is 428 g/mol. The maximum Gasteiger partial charge on any atom is 0.238 e. The Labute approximate surface area is 179 Å². The lowest BCUT2D eigenvalue weighted by atomic mass is 10.1. The third kappa shape index (κ3) is 5.78. The van der Waals surface area contributed by atoms with Crippen molar-refractivity contribution in [1.29, 1.82) is 0 Å². The van der Waals surface area contributed by atoms with E-state index in [9.17, 15) is 13.2 Å². The van der Waals surface area contributed by atoms with Gasteiger partial charge in [-0.05, 0) is 43.5 Å². The standard InChI is InChI=1S/C23H29N3O3S/c1-18-15-19(2)23(20(3)16-18)24-22(27)17-25-10-12-26(13-11-25)30(28,29)14-9-21-7-5-4-6-8-21/h4-9,14-16H,10-13,17H2,1-3H3,(H,24,27). The molecule has 1 aliphatic rings. The maximum atomic E-state index is 12.6. The monoisotopic (exact) mass is 427 g/mol. The molecule has 2 aromatic rings. The summed E-state index contributed by atoms with van der Waals surface area (Å²) in [5.41, 5.74) is 4.96. The van der Waals surface area contributed by atoms with E-state index in [0.29, 0.717) is 26.2 Å². The molecule has 0 unspecified atom stereocenters. The number of carbonyl (C=O) groups is 1. The minimum absolute atomic E-state index is 0.0784. The minimum Gasteiger partial charge on any atom is -0.324 e. The van der Waals surface area contributed by atoms with Crippen LogP contribution in [0.1, 0.15) is 22.3 Å². The van der Waals surface area contributed by atoms with Crippen LogP contribution in [0.2, 0.25) is 0 Å². The van der Waals surface area contributed by atoms with E-state index in [0.717, 1.165) is 22.4 Å². The summed E-state index contributed by atoms with van der Waals surface area (Å²) in [6.45, 7) is 8.06. The molecule has 0 radical (unpaired) electrons. The molecule has 0 aliphatic carbocycles. The summed E-state index contributed by atoms with van der Waals surface area (Å²) in [4.78, 5) is 14.5. The van der Waals surface area contributed by atoms with Crippen molar-refractivity contribution in [2.24, 2.45) is 0 Å². The van der Waals surface area contributed by atoms with E-state index >= 15 is 0 Å². The molecule has 2 aromatic carbocycles. The second-order valence-electron chi connectivity index (χ2n) is 7.76. The largest absolute Gasteiger partial charge is 0.324 e. The van der Waals surface area contributed by atoms with Gasteiger partial charge >= 0.3 is 0 Å². The number of aryl methyl sites for hydroxylation is 3. The molecule has 1 amide bonds. The third-order valence-electron chi connectivity index (χ3n) is 5.23. The zero-order valence-corrected chi connectivity index (χ0v) is 18.6. The van der Waals surface area contributed by atoms with Gasteiger partial charge in [0, 0.05) is 37.3 Å². The van der Waals surface area contributed by atoms with Crippen molar-refractivity contribution in [3.63, 3.8) is 0 Å². The molecular weight excluding hydrogens is 398 g/mol. The van der Waals surface area contributed by atoms with Gasteiger partial charge in [-0.3, -0.25) is 9.69 Å². The van der Waals surface area contributed by atoms with Crippen LogP contribution in [0.4, 0.5) is 5.69 Å². The first-order chi connectivity index (χ1) is 14.2. The fourth-order valence-corrected chi connectivity index (χ4v) is 4.89. The van der Waals surface area contributed by atoms with Gasteiger partial charge < -0.3 is 5.32 Å². The number of piperazine rings is 1. The van der Waals surface area contributed by atoms with Gasteiger partial charge in [-0.1, -0.05) is 48.0 Å². The number of anilines is 1. The molecular formula is C23H29N3O3S. The van der Waals surface area contributed by atoms with Gasteiger partial charge in [0.15, 0.2) is 0 Å². The van der Waals surface area contributed by atoms with Crippen molar-refractivity contribution in [1.82, 2.24) is 9.21 Å². The molecule has 1 heterocycles. The number of sulfonamides is 1. The third-order valence-corrected chi connectivity index (χ3v) is 6.80. The second-order valence-corrected chi connectivity index (χ2v) is 9.57. The molecule has 1 saturated heterocycles. The molecule has 1 N–H and O–H groups in total. The smallest absolute Gasteiger partial charge is 0.238 e. The first kappa shape index (κ1) is 22.2. The van der Waals surface area contributed by atoms with E-state index in [1.807, 2.05) is 56.0 Å². The van der Waals surface area contributed by atoms with Gasteiger partial charge in [0.1, 0.15) is 0 Å². The fourth-order valence-electron chi connectivity index (χ4n) is 3.72. The molecule has 1 aliphatic heterocycles. The lowest BCUT2D eigenvalue weighted by molar-refractivity contribution is -0.117. The number of hydrogen-bond acceptors (Lipinski definition) is 4. The number of rotatable bonds is 6. The van der Waals surface area contributed by atoms with Crippen LogP contribution >= 0.6 is 0 Å². The van der Waals surface area contributed by atoms with Crippen LogP contribution in [0.15, 0.2) is 47.9 Å². The molecule has 0 atom stereocenters. The van der Waals surface area contributed by atoms with Crippen molar-refractivity contribution >= 4 is 27.7 Å². The highest BCUT2D eigenvalue weighted by atomic mass is 32.2. The predicted octanol–water partition coefficient (Wildman–Crippen LogP) is 3.17. The van der Waals surface area contributed by atoms with Gasteiger partial charge in [0.05, 0.1) is 6.54 Å². The molecule has 160 valence electrons. The second kappa shape index (κ2) is 9.55. The first-order valence-electron chi connectivity index (χ1n) is 10.1. The number of nitrogens with one attached hydrogen (secondary N) is 1. The van der Waals surface area contributed by atoms with Gasteiger partial charge in [-0.2, -0.15) is 4.31 Å². The van der Waals surface area contributed by atoms with E-state index in [1.165, 1.54) is 15.3 Å². The maximum absolute atomic E-state index is 12.6. The van der Waals surface area contributed by atoms with Crippen molar-refractivity contribution in [3.05, 3.63) is 70.1 Å². The lowest BCUT2D eigenvalue weighted by Gasteiger charge is -2.32. The van der Waals surface area contributed by atoms with E-state index in [1.54, 1.807) is 6.08 Å². The van der Waals surface area contributed by atoms with E-state index in [4.69, 9.17) is 0 Å². The normalized spacial score (nSPS) is 16.1. The molecule has 0 spiro atoms. The Kier molecular flexibility index (Phi) is 7.07. The molecule has 1 fully saturated rings. The lowest BCUT2D eigenvalue weighted by Crippen LogP contribution is -2.49. The van der Waals surface area contributed by atoms with Gasteiger partial charge in [-0.25, -0.2) is 8.42 Å². The van der Waals surface area contributed by atoms with Gasteiger partial charge in [-0.15, -0.1) is 0 Å².